The number of anilines is 1. The molecule has 0 fully saturated rings. The first-order chi connectivity index (χ1) is 14.1. The molecule has 3 aromatic rings. The summed E-state index contributed by atoms with van der Waals surface area (Å²) in [5, 5.41) is 23.6. The van der Waals surface area contributed by atoms with E-state index in [1.54, 1.807) is 22.1 Å². The molecule has 0 amide bonds. The van der Waals surface area contributed by atoms with E-state index in [1.165, 1.54) is 10.9 Å². The van der Waals surface area contributed by atoms with Gasteiger partial charge in [-0.15, -0.1) is 11.3 Å². The number of ether oxygens (including phenoxy) is 1. The van der Waals surface area contributed by atoms with Crippen LogP contribution < -0.4 is 15.6 Å². The molecule has 2 heterocycles. The lowest BCUT2D eigenvalue weighted by molar-refractivity contribution is 0.105. The molecule has 6 nitrogen and oxygen atoms in total. The van der Waals surface area contributed by atoms with Crippen LogP contribution in [-0.2, 0) is 13.0 Å². The molecule has 3 rings (SSSR count). The van der Waals surface area contributed by atoms with Gasteiger partial charge in [0.2, 0.25) is 0 Å². The molecule has 0 saturated carbocycles. The Kier molecular flexibility index (Phi) is 7.46. The monoisotopic (exact) mass is 414 g/mol. The maximum Gasteiger partial charge on any atom is 0.254 e. The van der Waals surface area contributed by atoms with Crippen LogP contribution in [0.5, 0.6) is 5.75 Å². The lowest BCUT2D eigenvalue weighted by atomic mass is 10.1. The van der Waals surface area contributed by atoms with Gasteiger partial charge in [0.05, 0.1) is 25.9 Å². The molecule has 1 atom stereocenters. The normalized spacial score (nSPS) is 12.0. The minimum atomic E-state index is -0.812. The van der Waals surface area contributed by atoms with Crippen molar-refractivity contribution in [3.8, 4) is 5.75 Å². The molecule has 1 aromatic carbocycles. The molecule has 7 heteroatoms. The Hall–Kier alpha value is -2.61. The molecule has 154 valence electrons. The van der Waals surface area contributed by atoms with Crippen LogP contribution in [0.2, 0.25) is 0 Å². The van der Waals surface area contributed by atoms with Crippen LogP contribution in [0.4, 0.5) is 5.69 Å². The number of thiophene rings is 1. The van der Waals surface area contributed by atoms with Crippen molar-refractivity contribution >= 4 is 17.0 Å². The van der Waals surface area contributed by atoms with Gasteiger partial charge in [0.15, 0.2) is 0 Å². The summed E-state index contributed by atoms with van der Waals surface area (Å²) in [6, 6.07) is 13.2. The first kappa shape index (κ1) is 21.1. The smallest absolute Gasteiger partial charge is 0.254 e. The lowest BCUT2D eigenvalue weighted by Gasteiger charge is -2.16. The molecule has 0 bridgehead atoms. The fourth-order valence-electron chi connectivity index (χ4n) is 2.96. The van der Waals surface area contributed by atoms with E-state index in [2.05, 4.69) is 11.4 Å². The molecule has 29 heavy (non-hydrogen) atoms. The van der Waals surface area contributed by atoms with Crippen molar-refractivity contribution in [2.24, 2.45) is 0 Å². The second-order valence-corrected chi connectivity index (χ2v) is 7.85. The molecular formula is C22H26N2O4S. The second kappa shape index (κ2) is 10.2. The van der Waals surface area contributed by atoms with Gasteiger partial charge in [-0.1, -0.05) is 18.2 Å². The Morgan fingerprint density at radius 1 is 1.24 bits per heavy atom. The van der Waals surface area contributed by atoms with E-state index < -0.39 is 6.10 Å². The van der Waals surface area contributed by atoms with Crippen molar-refractivity contribution in [3.63, 3.8) is 0 Å². The van der Waals surface area contributed by atoms with E-state index in [4.69, 9.17) is 9.84 Å². The van der Waals surface area contributed by atoms with Crippen molar-refractivity contribution in [2.75, 3.05) is 25.1 Å². The van der Waals surface area contributed by atoms with E-state index >= 15 is 0 Å². The average molecular weight is 415 g/mol. The average Bonchev–Trinajstić information content (AvgIpc) is 3.23. The first-order valence-electron chi connectivity index (χ1n) is 9.54. The van der Waals surface area contributed by atoms with Crippen molar-refractivity contribution in [2.45, 2.75) is 26.0 Å². The van der Waals surface area contributed by atoms with Crippen molar-refractivity contribution in [1.29, 1.82) is 0 Å². The van der Waals surface area contributed by atoms with Crippen LogP contribution in [-0.4, -0.2) is 40.6 Å². The topological polar surface area (TPSA) is 83.7 Å². The van der Waals surface area contributed by atoms with Gasteiger partial charge in [0.1, 0.15) is 5.75 Å². The highest BCUT2D eigenvalue weighted by Gasteiger charge is 2.08. The quantitative estimate of drug-likeness (QED) is 0.475. The first-order valence-corrected chi connectivity index (χ1v) is 10.4. The van der Waals surface area contributed by atoms with Crippen LogP contribution in [0.15, 0.2) is 58.8 Å². The predicted molar refractivity (Wildman–Crippen MR) is 116 cm³/mol. The Morgan fingerprint density at radius 2 is 2.10 bits per heavy atom. The molecule has 0 aliphatic heterocycles. The van der Waals surface area contributed by atoms with Crippen LogP contribution in [0.25, 0.3) is 0 Å². The molecule has 0 saturated heterocycles. The number of nitrogens with zero attached hydrogens (tertiary/aromatic N) is 1. The summed E-state index contributed by atoms with van der Waals surface area (Å²) in [4.78, 5) is 13.8. The Bertz CT molecular complexity index is 969. The van der Waals surface area contributed by atoms with E-state index in [1.807, 2.05) is 42.6 Å². The Labute approximate surface area is 174 Å². The Balaban J connectivity index is 1.63. The number of benzene rings is 1. The van der Waals surface area contributed by atoms with E-state index in [0.29, 0.717) is 18.9 Å². The minimum absolute atomic E-state index is 0.118. The summed E-state index contributed by atoms with van der Waals surface area (Å²) in [5.74, 6) is 0.577. The summed E-state index contributed by atoms with van der Waals surface area (Å²) >= 11 is 1.70. The minimum Gasteiger partial charge on any atom is -0.493 e. The SMILES string of the molecule is Cc1c(Cn2ccc(OCCc3cccs3)cc2=O)cccc1NCC(O)CO. The second-order valence-electron chi connectivity index (χ2n) is 6.81. The van der Waals surface area contributed by atoms with Crippen LogP contribution in [0, 0.1) is 6.92 Å². The van der Waals surface area contributed by atoms with E-state index in [9.17, 15) is 9.90 Å². The standard InChI is InChI=1S/C22H26N2O4S/c1-16-17(4-2-6-21(16)23-13-18(26)15-25)14-24-9-7-19(12-22(24)27)28-10-8-20-5-3-11-29-20/h2-7,9,11-12,18,23,25-26H,8,10,13-15H2,1H3. The zero-order valence-electron chi connectivity index (χ0n) is 16.4. The molecule has 0 aliphatic rings. The molecule has 0 aliphatic carbocycles. The van der Waals surface area contributed by atoms with Crippen molar-refractivity contribution in [3.05, 3.63) is 80.4 Å². The van der Waals surface area contributed by atoms with Gasteiger partial charge in [-0.3, -0.25) is 4.79 Å². The van der Waals surface area contributed by atoms with E-state index in [0.717, 1.165) is 23.2 Å². The van der Waals surface area contributed by atoms with Crippen molar-refractivity contribution in [1.82, 2.24) is 4.57 Å². The summed E-state index contributed by atoms with van der Waals surface area (Å²) in [7, 11) is 0. The number of hydrogen-bond donors (Lipinski definition) is 3. The van der Waals surface area contributed by atoms with Gasteiger partial charge in [0.25, 0.3) is 5.56 Å². The van der Waals surface area contributed by atoms with Gasteiger partial charge >= 0.3 is 0 Å². The van der Waals surface area contributed by atoms with Crippen LogP contribution >= 0.6 is 11.3 Å². The maximum atomic E-state index is 12.5. The predicted octanol–water partition coefficient (Wildman–Crippen LogP) is 2.65. The summed E-state index contributed by atoms with van der Waals surface area (Å²) in [6.45, 7) is 2.92. The molecular weight excluding hydrogens is 388 g/mol. The van der Waals surface area contributed by atoms with Gasteiger partial charge in [-0.2, -0.15) is 0 Å². The number of aliphatic hydroxyl groups excluding tert-OH is 2. The van der Waals surface area contributed by atoms with Gasteiger partial charge in [-0.05, 0) is 41.6 Å². The van der Waals surface area contributed by atoms with Gasteiger partial charge < -0.3 is 24.8 Å². The fourth-order valence-corrected chi connectivity index (χ4v) is 3.65. The molecule has 3 N–H and O–H groups in total. The largest absolute Gasteiger partial charge is 0.493 e. The van der Waals surface area contributed by atoms with Crippen LogP contribution in [0.1, 0.15) is 16.0 Å². The number of aromatic nitrogens is 1. The molecule has 1 unspecified atom stereocenters. The highest BCUT2D eigenvalue weighted by atomic mass is 32.1. The third-order valence-electron chi connectivity index (χ3n) is 4.69. The van der Waals surface area contributed by atoms with Gasteiger partial charge in [0, 0.05) is 35.8 Å². The zero-order chi connectivity index (χ0) is 20.6. The third kappa shape index (κ3) is 5.93. The highest BCUT2D eigenvalue weighted by Crippen LogP contribution is 2.20. The summed E-state index contributed by atoms with van der Waals surface area (Å²) in [5.41, 5.74) is 2.76. The number of hydrogen-bond acceptors (Lipinski definition) is 6. The highest BCUT2D eigenvalue weighted by molar-refractivity contribution is 7.09. The number of aliphatic hydroxyl groups is 2. The van der Waals surface area contributed by atoms with Gasteiger partial charge in [-0.25, -0.2) is 0 Å². The van der Waals surface area contributed by atoms with Crippen LogP contribution in [0.3, 0.4) is 0 Å². The Morgan fingerprint density at radius 3 is 2.83 bits per heavy atom. The molecule has 0 spiro atoms. The third-order valence-corrected chi connectivity index (χ3v) is 5.63. The number of rotatable bonds is 10. The van der Waals surface area contributed by atoms with E-state index in [-0.39, 0.29) is 18.7 Å². The maximum absolute atomic E-state index is 12.5. The zero-order valence-corrected chi connectivity index (χ0v) is 17.2. The lowest BCUT2D eigenvalue weighted by Crippen LogP contribution is -2.23. The summed E-state index contributed by atoms with van der Waals surface area (Å²) in [6.07, 6.45) is 1.76. The molecule has 2 aromatic heterocycles. The number of pyridine rings is 1. The summed E-state index contributed by atoms with van der Waals surface area (Å²) < 4.78 is 7.35. The molecule has 0 radical (unpaired) electrons. The number of nitrogens with one attached hydrogen (secondary N) is 1. The van der Waals surface area contributed by atoms with Crippen molar-refractivity contribution < 1.29 is 14.9 Å². The fraction of sp³-hybridized carbons (Fsp3) is 0.318.